The highest BCUT2D eigenvalue weighted by atomic mass is 16.3. The third-order valence-electron chi connectivity index (χ3n) is 8.20. The minimum absolute atomic E-state index is 0.0206. The van der Waals surface area contributed by atoms with Crippen LogP contribution in [0.25, 0.3) is 5.76 Å². The van der Waals surface area contributed by atoms with Gasteiger partial charge in [0, 0.05) is 37.8 Å². The molecule has 3 aliphatic carbocycles. The quantitative estimate of drug-likeness (QED) is 0.276. The Hall–Kier alpha value is -3.90. The van der Waals surface area contributed by atoms with Gasteiger partial charge in [-0.2, -0.15) is 0 Å². The fraction of sp³-hybridized carbons (Fsp3) is 0.517. The Kier molecular flexibility index (Phi) is 7.24. The van der Waals surface area contributed by atoms with Crippen LogP contribution in [0.5, 0.6) is 5.75 Å². The van der Waals surface area contributed by atoms with Gasteiger partial charge in [-0.1, -0.05) is 20.8 Å². The number of hydrogen-bond donors (Lipinski definition) is 6. The van der Waals surface area contributed by atoms with Crippen molar-refractivity contribution in [3.8, 4) is 5.75 Å². The molecular weight excluding hydrogens is 532 g/mol. The molecule has 0 radical (unpaired) electrons. The van der Waals surface area contributed by atoms with Crippen molar-refractivity contribution in [2.24, 2.45) is 23.0 Å². The van der Waals surface area contributed by atoms with Gasteiger partial charge in [-0.15, -0.1) is 0 Å². The molecule has 1 saturated carbocycles. The molecule has 0 spiro atoms. The van der Waals surface area contributed by atoms with Crippen LogP contribution in [-0.2, 0) is 20.8 Å². The van der Waals surface area contributed by atoms with E-state index < -0.39 is 69.7 Å². The van der Waals surface area contributed by atoms with E-state index in [9.17, 15) is 39.6 Å². The zero-order valence-electron chi connectivity index (χ0n) is 24.3. The Labute approximate surface area is 238 Å². The Balaban J connectivity index is 1.95. The van der Waals surface area contributed by atoms with Gasteiger partial charge in [-0.05, 0) is 49.9 Å². The van der Waals surface area contributed by atoms with Gasteiger partial charge in [-0.3, -0.25) is 24.1 Å². The van der Waals surface area contributed by atoms with Gasteiger partial charge in [-0.25, -0.2) is 0 Å². The lowest BCUT2D eigenvalue weighted by atomic mass is 9.57. The SMILES string of the molecule is CN(C)c1cc(C(=O)NCC(C)(C)C)c(O)c2c1C[C@H]1C[C@H]3[C@H](N(C)C)C(=O)C(C(N)=O)=C(O)[C@@]3(O)C(=O)C1=C2O. The molecule has 1 aromatic rings. The second-order valence-corrected chi connectivity index (χ2v) is 12.7. The normalized spacial score (nSPS) is 26.0. The molecule has 0 saturated heterocycles. The summed E-state index contributed by atoms with van der Waals surface area (Å²) < 4.78 is 0. The number of fused-ring (bicyclic) bond motifs is 3. The lowest BCUT2D eigenvalue weighted by Crippen LogP contribution is -2.65. The zero-order chi connectivity index (χ0) is 30.9. The first-order valence-electron chi connectivity index (χ1n) is 13.3. The topological polar surface area (TPSA) is 194 Å². The maximum atomic E-state index is 14.0. The first-order valence-corrected chi connectivity index (χ1v) is 13.3. The van der Waals surface area contributed by atoms with E-state index in [1.54, 1.807) is 33.1 Å². The fourth-order valence-electron chi connectivity index (χ4n) is 6.30. The Morgan fingerprint density at radius 1 is 1.12 bits per heavy atom. The van der Waals surface area contributed by atoms with Crippen LogP contribution in [0, 0.1) is 17.3 Å². The standard InChI is InChI=1S/C29H38N4O8/c1-28(2,3)11-31-27(40)14-10-16(32(4)5)13-8-12-9-15-20(33(6)7)23(36)19(26(30)39)25(38)29(15,41)24(37)17(12)22(35)18(13)21(14)34/h10,12,15,20,34-35,38,41H,8-9,11H2,1-7H3,(H2,30,39)(H,31,40)/t12-,15-,20-,29-/m0/s1. The number of aromatic hydroxyl groups is 1. The number of nitrogens with zero attached hydrogens (tertiary/aromatic N) is 2. The maximum absolute atomic E-state index is 14.0. The molecule has 1 fully saturated rings. The highest BCUT2D eigenvalue weighted by Crippen LogP contribution is 2.54. The number of phenolic OH excluding ortho intramolecular Hbond substituents is 1. The van der Waals surface area contributed by atoms with Crippen molar-refractivity contribution in [3.05, 3.63) is 39.7 Å². The summed E-state index contributed by atoms with van der Waals surface area (Å²) in [6.45, 7) is 6.10. The molecule has 4 rings (SSSR count). The van der Waals surface area contributed by atoms with E-state index in [0.717, 1.165) is 0 Å². The zero-order valence-corrected chi connectivity index (χ0v) is 24.3. The highest BCUT2D eigenvalue weighted by Gasteiger charge is 2.64. The summed E-state index contributed by atoms with van der Waals surface area (Å²) in [5, 5.41) is 48.3. The molecule has 0 heterocycles. The molecule has 0 aromatic heterocycles. The third kappa shape index (κ3) is 4.55. The number of amides is 2. The smallest absolute Gasteiger partial charge is 0.255 e. The molecule has 0 unspecified atom stereocenters. The molecule has 12 nitrogen and oxygen atoms in total. The van der Waals surface area contributed by atoms with Crippen LogP contribution in [0.1, 0.15) is 48.7 Å². The number of nitrogens with two attached hydrogens (primary N) is 1. The largest absolute Gasteiger partial charge is 0.508 e. The van der Waals surface area contributed by atoms with Gasteiger partial charge < -0.3 is 36.4 Å². The van der Waals surface area contributed by atoms with Crippen LogP contribution in [0.3, 0.4) is 0 Å². The fourth-order valence-corrected chi connectivity index (χ4v) is 6.30. The van der Waals surface area contributed by atoms with Crippen molar-refractivity contribution in [2.75, 3.05) is 39.6 Å². The number of rotatable bonds is 5. The van der Waals surface area contributed by atoms with E-state index in [1.165, 1.54) is 11.0 Å². The van der Waals surface area contributed by atoms with Gasteiger partial charge in [0.25, 0.3) is 11.8 Å². The number of hydrogen-bond acceptors (Lipinski definition) is 10. The van der Waals surface area contributed by atoms with Crippen molar-refractivity contribution in [1.82, 2.24) is 10.2 Å². The second kappa shape index (κ2) is 9.88. The molecule has 12 heteroatoms. The lowest BCUT2D eigenvalue weighted by Gasteiger charge is -2.50. The molecule has 4 atom stereocenters. The lowest BCUT2D eigenvalue weighted by molar-refractivity contribution is -0.153. The third-order valence-corrected chi connectivity index (χ3v) is 8.20. The maximum Gasteiger partial charge on any atom is 0.255 e. The van der Waals surface area contributed by atoms with Crippen molar-refractivity contribution < 1.29 is 39.6 Å². The molecule has 3 aliphatic rings. The van der Waals surface area contributed by atoms with Crippen LogP contribution in [-0.4, -0.2) is 95.1 Å². The molecule has 2 amide bonds. The molecule has 7 N–H and O–H groups in total. The van der Waals surface area contributed by atoms with Crippen molar-refractivity contribution in [2.45, 2.75) is 45.3 Å². The number of likely N-dealkylation sites (N-methyl/N-ethyl adjacent to an activating group) is 1. The summed E-state index contributed by atoms with van der Waals surface area (Å²) in [6.07, 6.45) is 0.104. The number of Topliss-reactive ketones (excluding diaryl/α,β-unsaturated/α-hetero) is 2. The summed E-state index contributed by atoms with van der Waals surface area (Å²) in [5.74, 6) is -8.01. The predicted octanol–water partition coefficient (Wildman–Crippen LogP) is 0.806. The van der Waals surface area contributed by atoms with Crippen LogP contribution >= 0.6 is 0 Å². The molecular formula is C29H38N4O8. The van der Waals surface area contributed by atoms with Crippen molar-refractivity contribution >= 4 is 34.8 Å². The van der Waals surface area contributed by atoms with Crippen LogP contribution < -0.4 is 16.0 Å². The van der Waals surface area contributed by atoms with Gasteiger partial charge in [0.1, 0.15) is 22.8 Å². The molecule has 222 valence electrons. The Bertz CT molecular complexity index is 1430. The minimum Gasteiger partial charge on any atom is -0.508 e. The van der Waals surface area contributed by atoms with Gasteiger partial charge >= 0.3 is 0 Å². The summed E-state index contributed by atoms with van der Waals surface area (Å²) in [6, 6.07) is 0.356. The minimum atomic E-state index is -2.73. The van der Waals surface area contributed by atoms with E-state index in [2.05, 4.69) is 5.32 Å². The number of carbonyl (C=O) groups is 4. The molecule has 1 aromatic carbocycles. The van der Waals surface area contributed by atoms with E-state index in [4.69, 9.17) is 5.73 Å². The molecule has 0 bridgehead atoms. The van der Waals surface area contributed by atoms with Crippen molar-refractivity contribution in [3.63, 3.8) is 0 Å². The number of anilines is 1. The number of carbonyl (C=O) groups excluding carboxylic acids is 4. The summed E-state index contributed by atoms with van der Waals surface area (Å²) in [5.41, 5.74) is 2.01. The number of benzene rings is 1. The number of aliphatic hydroxyl groups excluding tert-OH is 2. The average molecular weight is 571 g/mol. The highest BCUT2D eigenvalue weighted by molar-refractivity contribution is 6.24. The number of nitrogens with one attached hydrogen (secondary N) is 1. The Morgan fingerprint density at radius 3 is 2.24 bits per heavy atom. The summed E-state index contributed by atoms with van der Waals surface area (Å²) in [4.78, 5) is 55.7. The van der Waals surface area contributed by atoms with Crippen LogP contribution in [0.15, 0.2) is 23.0 Å². The van der Waals surface area contributed by atoms with Crippen molar-refractivity contribution in [1.29, 1.82) is 0 Å². The first-order chi connectivity index (χ1) is 18.8. The van der Waals surface area contributed by atoms with E-state index >= 15 is 0 Å². The molecule has 41 heavy (non-hydrogen) atoms. The first kappa shape index (κ1) is 30.1. The summed E-state index contributed by atoms with van der Waals surface area (Å²) in [7, 11) is 6.56. The number of ketones is 2. The second-order valence-electron chi connectivity index (χ2n) is 12.7. The van der Waals surface area contributed by atoms with E-state index in [1.807, 2.05) is 20.8 Å². The van der Waals surface area contributed by atoms with E-state index in [-0.39, 0.29) is 35.0 Å². The van der Waals surface area contributed by atoms with E-state index in [0.29, 0.717) is 17.8 Å². The van der Waals surface area contributed by atoms with Gasteiger partial charge in [0.05, 0.1) is 17.2 Å². The van der Waals surface area contributed by atoms with Crippen LogP contribution in [0.2, 0.25) is 0 Å². The summed E-state index contributed by atoms with van der Waals surface area (Å²) >= 11 is 0. The number of aliphatic hydroxyl groups is 3. The Morgan fingerprint density at radius 2 is 1.73 bits per heavy atom. The van der Waals surface area contributed by atoms with Crippen LogP contribution in [0.4, 0.5) is 5.69 Å². The number of phenols is 1. The average Bonchev–Trinajstić information content (AvgIpc) is 2.83. The monoisotopic (exact) mass is 570 g/mol. The van der Waals surface area contributed by atoms with Gasteiger partial charge in [0.2, 0.25) is 5.78 Å². The number of primary amides is 1. The predicted molar refractivity (Wildman–Crippen MR) is 150 cm³/mol. The molecule has 0 aliphatic heterocycles. The van der Waals surface area contributed by atoms with Gasteiger partial charge in [0.15, 0.2) is 11.4 Å².